The average molecular weight is 489 g/mol. The van der Waals surface area contributed by atoms with Gasteiger partial charge >= 0.3 is 0 Å². The lowest BCUT2D eigenvalue weighted by atomic mass is 9.81. The molecule has 0 amide bonds. The van der Waals surface area contributed by atoms with Crippen molar-refractivity contribution in [2.45, 2.75) is 45.6 Å². The summed E-state index contributed by atoms with van der Waals surface area (Å²) >= 11 is 3.60. The zero-order valence-corrected chi connectivity index (χ0v) is 20.7. The quantitative estimate of drug-likeness (QED) is 0.490. The van der Waals surface area contributed by atoms with E-state index in [2.05, 4.69) is 15.9 Å². The second-order valence-electron chi connectivity index (χ2n) is 8.33. The minimum Gasteiger partial charge on any atom is -0.496 e. The van der Waals surface area contributed by atoms with Crippen LogP contribution in [0.1, 0.15) is 49.3 Å². The molecule has 0 radical (unpaired) electrons. The predicted molar refractivity (Wildman–Crippen MR) is 125 cm³/mol. The van der Waals surface area contributed by atoms with Crippen molar-refractivity contribution in [1.82, 2.24) is 8.97 Å². The van der Waals surface area contributed by atoms with Crippen molar-refractivity contribution in [2.24, 2.45) is 7.05 Å². The number of carbonyl (C=O) groups is 1. The van der Waals surface area contributed by atoms with E-state index < -0.39 is 5.41 Å². The third-order valence-corrected chi connectivity index (χ3v) is 7.33. The number of nitrogens with zero attached hydrogens (tertiary/aromatic N) is 2. The smallest absolute Gasteiger partial charge is 0.260 e. The Morgan fingerprint density at radius 3 is 2.45 bits per heavy atom. The number of aromatic nitrogens is 2. The summed E-state index contributed by atoms with van der Waals surface area (Å²) in [5.74, 6) is 0.684. The molecule has 0 saturated carbocycles. The molecule has 3 rings (SSSR count). The first-order chi connectivity index (χ1) is 14.6. The Bertz CT molecular complexity index is 1210. The van der Waals surface area contributed by atoms with Gasteiger partial charge < -0.3 is 14.0 Å². The van der Waals surface area contributed by atoms with Gasteiger partial charge in [0.1, 0.15) is 21.8 Å². The molecule has 0 aliphatic carbocycles. The van der Waals surface area contributed by atoms with Gasteiger partial charge in [-0.05, 0) is 61.3 Å². The predicted octanol–water partition coefficient (Wildman–Crippen LogP) is 4.51. The van der Waals surface area contributed by atoms with Gasteiger partial charge in [-0.3, -0.25) is 14.0 Å². The first-order valence-electron chi connectivity index (χ1n) is 10.1. The van der Waals surface area contributed by atoms with Crippen molar-refractivity contribution in [3.05, 3.63) is 67.7 Å². The number of ketones is 1. The van der Waals surface area contributed by atoms with Crippen LogP contribution in [-0.4, -0.2) is 29.0 Å². The number of fused-ring (bicyclic) bond motifs is 1. The number of imidazole rings is 1. The summed E-state index contributed by atoms with van der Waals surface area (Å²) in [6.45, 7) is 7.00. The second-order valence-corrected chi connectivity index (χ2v) is 9.09. The monoisotopic (exact) mass is 488 g/mol. The minimum atomic E-state index is -0.908. The molecular weight excluding hydrogens is 460 g/mol. The zero-order chi connectivity index (χ0) is 23.1. The molecule has 1 atom stereocenters. The molecule has 1 aromatic carbocycles. The van der Waals surface area contributed by atoms with Crippen molar-refractivity contribution in [1.29, 1.82) is 0 Å². The Morgan fingerprint density at radius 1 is 1.23 bits per heavy atom. The fraction of sp³-hybridized carbons (Fsp3) is 0.417. The van der Waals surface area contributed by atoms with E-state index in [9.17, 15) is 9.59 Å². The summed E-state index contributed by atoms with van der Waals surface area (Å²) in [6.07, 6.45) is 0.213. The van der Waals surface area contributed by atoms with E-state index in [-0.39, 0.29) is 17.4 Å². The average Bonchev–Trinajstić information content (AvgIpc) is 2.98. The van der Waals surface area contributed by atoms with Crippen molar-refractivity contribution >= 4 is 27.4 Å². The molecule has 0 saturated heterocycles. The Morgan fingerprint density at radius 2 is 1.87 bits per heavy atom. The van der Waals surface area contributed by atoms with Crippen molar-refractivity contribution in [3.63, 3.8) is 0 Å². The maximum Gasteiger partial charge on any atom is 0.260 e. The minimum absolute atomic E-state index is 0.0591. The maximum absolute atomic E-state index is 13.5. The molecule has 166 valence electrons. The Kier molecular flexibility index (Phi) is 6.48. The van der Waals surface area contributed by atoms with Crippen LogP contribution in [0.5, 0.6) is 5.75 Å². The third kappa shape index (κ3) is 3.85. The molecule has 2 heterocycles. The number of pyridine rings is 1. The number of halogens is 1. The second kappa shape index (κ2) is 8.63. The fourth-order valence-corrected chi connectivity index (χ4v) is 4.35. The normalized spacial score (nSPS) is 12.9. The van der Waals surface area contributed by atoms with Gasteiger partial charge in [0.2, 0.25) is 0 Å². The van der Waals surface area contributed by atoms with E-state index >= 15 is 0 Å². The van der Waals surface area contributed by atoms with Crippen molar-refractivity contribution in [2.75, 3.05) is 14.2 Å². The van der Waals surface area contributed by atoms with E-state index in [0.717, 1.165) is 32.8 Å². The Balaban J connectivity index is 2.31. The number of methoxy groups -OCH3 is 2. The van der Waals surface area contributed by atoms with E-state index in [1.54, 1.807) is 32.5 Å². The van der Waals surface area contributed by atoms with Gasteiger partial charge in [-0.1, -0.05) is 18.2 Å². The highest BCUT2D eigenvalue weighted by Gasteiger charge is 2.32. The number of para-hydroxylation sites is 1. The highest BCUT2D eigenvalue weighted by atomic mass is 79.9. The molecule has 31 heavy (non-hydrogen) atoms. The van der Waals surface area contributed by atoms with Crippen LogP contribution in [0.3, 0.4) is 0 Å². The largest absolute Gasteiger partial charge is 0.496 e. The molecule has 0 N–H and O–H groups in total. The molecule has 0 unspecified atom stereocenters. The number of ether oxygens (including phenoxy) is 2. The van der Waals surface area contributed by atoms with Crippen LogP contribution < -0.4 is 10.3 Å². The molecule has 2 aromatic heterocycles. The molecule has 0 aliphatic heterocycles. The topological polar surface area (TPSA) is 61.9 Å². The third-order valence-electron chi connectivity index (χ3n) is 6.23. The number of hydrogen-bond donors (Lipinski definition) is 0. The van der Waals surface area contributed by atoms with Crippen LogP contribution in [-0.2, 0) is 28.4 Å². The van der Waals surface area contributed by atoms with Crippen molar-refractivity contribution in [3.8, 4) is 5.75 Å². The maximum atomic E-state index is 13.5. The molecular formula is C24H29BrN2O4. The first kappa shape index (κ1) is 23.3. The van der Waals surface area contributed by atoms with Gasteiger partial charge in [0.15, 0.2) is 0 Å². The van der Waals surface area contributed by atoms with Crippen LogP contribution in [0, 0.1) is 6.92 Å². The molecule has 3 aromatic rings. The lowest BCUT2D eigenvalue weighted by Crippen LogP contribution is -2.35. The van der Waals surface area contributed by atoms with Crippen LogP contribution in [0.2, 0.25) is 0 Å². The number of Topliss-reactive ketones (excluding diaryl/α,β-unsaturated/α-hetero) is 1. The number of aryl methyl sites for hydroxylation is 2. The van der Waals surface area contributed by atoms with Crippen LogP contribution >= 0.6 is 15.9 Å². The van der Waals surface area contributed by atoms with Crippen LogP contribution in [0.4, 0.5) is 0 Å². The fourth-order valence-electron chi connectivity index (χ4n) is 4.01. The van der Waals surface area contributed by atoms with Crippen LogP contribution in [0.15, 0.2) is 39.7 Å². The van der Waals surface area contributed by atoms with E-state index in [1.165, 1.54) is 6.92 Å². The highest BCUT2D eigenvalue weighted by molar-refractivity contribution is 9.10. The summed E-state index contributed by atoms with van der Waals surface area (Å²) in [5, 5.41) is 0. The standard InChI is InChI=1S/C24H29BrN2O4/c1-14-21(25)26(5)22-16(12-18(23(29)27(14)22)24(3,4)15(2)28)13-20(31-7)17-10-8-9-11-19(17)30-6/h8-12,20H,13H2,1-7H3/t20-/m0/s1. The molecule has 0 bridgehead atoms. The number of carbonyl (C=O) groups excluding carboxylic acids is 1. The van der Waals surface area contributed by atoms with Gasteiger partial charge in [0, 0.05) is 31.7 Å². The number of hydrogen-bond acceptors (Lipinski definition) is 4. The lowest BCUT2D eigenvalue weighted by molar-refractivity contribution is -0.121. The lowest BCUT2D eigenvalue weighted by Gasteiger charge is -2.24. The van der Waals surface area contributed by atoms with Crippen LogP contribution in [0.25, 0.3) is 5.65 Å². The van der Waals surface area contributed by atoms with Gasteiger partial charge in [-0.25, -0.2) is 0 Å². The van der Waals surface area contributed by atoms with Gasteiger partial charge in [-0.2, -0.15) is 0 Å². The molecule has 0 fully saturated rings. The van der Waals surface area contributed by atoms with Gasteiger partial charge in [-0.15, -0.1) is 0 Å². The number of benzene rings is 1. The number of rotatable bonds is 7. The molecule has 7 heteroatoms. The Labute approximate surface area is 190 Å². The summed E-state index contributed by atoms with van der Waals surface area (Å²) in [7, 11) is 5.21. The van der Waals surface area contributed by atoms with Gasteiger partial charge in [0.05, 0.1) is 24.3 Å². The summed E-state index contributed by atoms with van der Waals surface area (Å²) < 4.78 is 15.8. The molecule has 0 spiro atoms. The van der Waals surface area contributed by atoms with E-state index in [0.29, 0.717) is 12.0 Å². The van der Waals surface area contributed by atoms with E-state index in [4.69, 9.17) is 9.47 Å². The highest BCUT2D eigenvalue weighted by Crippen LogP contribution is 2.33. The first-order valence-corrected chi connectivity index (χ1v) is 10.9. The molecule has 0 aliphatic rings. The summed E-state index contributed by atoms with van der Waals surface area (Å²) in [6, 6.07) is 9.61. The summed E-state index contributed by atoms with van der Waals surface area (Å²) in [4.78, 5) is 25.9. The van der Waals surface area contributed by atoms with Gasteiger partial charge in [0.25, 0.3) is 5.56 Å². The summed E-state index contributed by atoms with van der Waals surface area (Å²) in [5.41, 5.74) is 2.79. The zero-order valence-electron chi connectivity index (χ0n) is 19.1. The molecule has 6 nitrogen and oxygen atoms in total. The van der Waals surface area contributed by atoms with E-state index in [1.807, 2.05) is 48.9 Å². The Hall–Kier alpha value is -2.38. The SMILES string of the molecule is COc1ccccc1[C@H](Cc1cc(C(C)(C)C(C)=O)c(=O)n2c(C)c(Br)n(C)c12)OC. The van der Waals surface area contributed by atoms with Crippen molar-refractivity contribution < 1.29 is 14.3 Å².